The minimum absolute atomic E-state index is 0.0927. The highest BCUT2D eigenvalue weighted by atomic mass is 79.9. The third-order valence-corrected chi connectivity index (χ3v) is 7.00. The van der Waals surface area contributed by atoms with Crippen LogP contribution in [0.25, 0.3) is 0 Å². The number of amides is 2. The standard InChI is InChI=1S/C21H33BrN2O6/c1-5-29-19(28)13-14-18(27)24(9-7-6-8-10-25)16(17(26)23-20(2,3)4)21(14)11-12(22)15(13)30-21/h12-16,25H,5-11H2,1-4H3,(H,23,26)/t12?,13-,14+,15-,16?,21?/m1/s1. The number of ether oxygens (including phenoxy) is 2. The van der Waals surface area contributed by atoms with Gasteiger partial charge in [-0.3, -0.25) is 14.4 Å². The van der Waals surface area contributed by atoms with Gasteiger partial charge in [0, 0.05) is 23.5 Å². The van der Waals surface area contributed by atoms with Crippen molar-refractivity contribution in [2.24, 2.45) is 11.8 Å². The van der Waals surface area contributed by atoms with E-state index in [2.05, 4.69) is 21.2 Å². The van der Waals surface area contributed by atoms with Crippen molar-refractivity contribution in [1.29, 1.82) is 0 Å². The molecular formula is C21H33BrN2O6. The lowest BCUT2D eigenvalue weighted by Crippen LogP contribution is -2.58. The predicted octanol–water partition coefficient (Wildman–Crippen LogP) is 1.37. The van der Waals surface area contributed by atoms with Crippen molar-refractivity contribution in [3.8, 4) is 0 Å². The number of alkyl halides is 1. The number of fused-ring (bicyclic) bond motifs is 1. The minimum Gasteiger partial charge on any atom is -0.466 e. The second kappa shape index (κ2) is 8.74. The van der Waals surface area contributed by atoms with Crippen molar-refractivity contribution in [2.75, 3.05) is 19.8 Å². The molecule has 3 rings (SSSR count). The smallest absolute Gasteiger partial charge is 0.312 e. The topological polar surface area (TPSA) is 105 Å². The zero-order valence-electron chi connectivity index (χ0n) is 18.2. The Bertz CT molecular complexity index is 695. The minimum atomic E-state index is -1.04. The van der Waals surface area contributed by atoms with Crippen molar-refractivity contribution < 1.29 is 29.0 Å². The second-order valence-corrected chi connectivity index (χ2v) is 10.6. The average Bonchev–Trinajstić information content (AvgIpc) is 3.21. The number of nitrogens with zero attached hydrogens (tertiary/aromatic N) is 1. The van der Waals surface area contributed by atoms with E-state index in [1.54, 1.807) is 11.8 Å². The molecule has 2 bridgehead atoms. The highest BCUT2D eigenvalue weighted by molar-refractivity contribution is 9.09. The molecule has 2 N–H and O–H groups in total. The molecule has 6 atom stereocenters. The maximum absolute atomic E-state index is 13.5. The summed E-state index contributed by atoms with van der Waals surface area (Å²) in [4.78, 5) is 41.1. The summed E-state index contributed by atoms with van der Waals surface area (Å²) in [6.07, 6.45) is 2.05. The molecule has 8 nitrogen and oxygen atoms in total. The molecular weight excluding hydrogens is 456 g/mol. The molecule has 3 aliphatic rings. The van der Waals surface area contributed by atoms with E-state index in [0.717, 1.165) is 6.42 Å². The molecule has 0 saturated carbocycles. The van der Waals surface area contributed by atoms with Gasteiger partial charge in [0.2, 0.25) is 11.8 Å². The van der Waals surface area contributed by atoms with E-state index in [-0.39, 0.29) is 29.9 Å². The molecule has 3 unspecified atom stereocenters. The first kappa shape index (κ1) is 23.5. The fraction of sp³-hybridized carbons (Fsp3) is 0.857. The van der Waals surface area contributed by atoms with Crippen molar-refractivity contribution in [2.45, 2.75) is 81.5 Å². The van der Waals surface area contributed by atoms with Gasteiger partial charge in [-0.1, -0.05) is 15.9 Å². The van der Waals surface area contributed by atoms with Crippen LogP contribution >= 0.6 is 15.9 Å². The van der Waals surface area contributed by atoms with Gasteiger partial charge in [0.15, 0.2) is 0 Å². The number of halogens is 1. The highest BCUT2D eigenvalue weighted by Crippen LogP contribution is 2.60. The van der Waals surface area contributed by atoms with E-state index in [0.29, 0.717) is 25.8 Å². The molecule has 0 aliphatic carbocycles. The van der Waals surface area contributed by atoms with Gasteiger partial charge in [0.25, 0.3) is 0 Å². The predicted molar refractivity (Wildman–Crippen MR) is 113 cm³/mol. The molecule has 0 aromatic rings. The van der Waals surface area contributed by atoms with Crippen LogP contribution in [0.5, 0.6) is 0 Å². The van der Waals surface area contributed by atoms with Gasteiger partial charge in [0.1, 0.15) is 11.6 Å². The Morgan fingerprint density at radius 2 is 2.03 bits per heavy atom. The Hall–Kier alpha value is -1.19. The molecule has 170 valence electrons. The lowest BCUT2D eigenvalue weighted by molar-refractivity contribution is -0.154. The Kier molecular flexibility index (Phi) is 6.84. The van der Waals surface area contributed by atoms with Crippen LogP contribution in [0.1, 0.15) is 53.4 Å². The molecule has 0 radical (unpaired) electrons. The number of rotatable bonds is 8. The van der Waals surface area contributed by atoms with Crippen LogP contribution in [0.4, 0.5) is 0 Å². The van der Waals surface area contributed by atoms with E-state index in [1.165, 1.54) is 0 Å². The summed E-state index contributed by atoms with van der Waals surface area (Å²) < 4.78 is 11.6. The molecule has 9 heteroatoms. The van der Waals surface area contributed by atoms with Gasteiger partial charge in [0.05, 0.1) is 24.5 Å². The molecule has 3 saturated heterocycles. The summed E-state index contributed by atoms with van der Waals surface area (Å²) in [5.74, 6) is -2.35. The van der Waals surface area contributed by atoms with Crippen LogP contribution in [-0.2, 0) is 23.9 Å². The summed E-state index contributed by atoms with van der Waals surface area (Å²) in [6, 6.07) is -0.798. The molecule has 0 aromatic heterocycles. The SMILES string of the molecule is CCOC(=O)[C@H]1[C@@H]2OC3(CC2Br)C(C(=O)NC(C)(C)C)N(CCCCCO)C(=O)[C@H]13. The average molecular weight is 489 g/mol. The maximum Gasteiger partial charge on any atom is 0.312 e. The molecule has 30 heavy (non-hydrogen) atoms. The maximum atomic E-state index is 13.5. The van der Waals surface area contributed by atoms with E-state index in [1.807, 2.05) is 20.8 Å². The normalized spacial score (nSPS) is 34.9. The number of unbranched alkanes of at least 4 members (excludes halogenated alkanes) is 2. The van der Waals surface area contributed by atoms with Crippen LogP contribution in [0.2, 0.25) is 0 Å². The third kappa shape index (κ3) is 4.00. The number of carbonyl (C=O) groups is 3. The van der Waals surface area contributed by atoms with Crippen LogP contribution in [0.15, 0.2) is 0 Å². The van der Waals surface area contributed by atoms with Gasteiger partial charge >= 0.3 is 5.97 Å². The van der Waals surface area contributed by atoms with Crippen LogP contribution < -0.4 is 5.32 Å². The first-order valence-electron chi connectivity index (χ1n) is 10.8. The van der Waals surface area contributed by atoms with Crippen molar-refractivity contribution in [3.63, 3.8) is 0 Å². The number of nitrogens with one attached hydrogen (secondary N) is 1. The molecule has 3 heterocycles. The Labute approximate surface area is 186 Å². The fourth-order valence-electron chi connectivity index (χ4n) is 5.19. The van der Waals surface area contributed by atoms with E-state index >= 15 is 0 Å². The fourth-order valence-corrected chi connectivity index (χ4v) is 6.13. The zero-order valence-corrected chi connectivity index (χ0v) is 19.7. The summed E-state index contributed by atoms with van der Waals surface area (Å²) in [6.45, 7) is 8.11. The number of hydrogen-bond donors (Lipinski definition) is 2. The lowest BCUT2D eigenvalue weighted by Gasteiger charge is -2.35. The van der Waals surface area contributed by atoms with Crippen LogP contribution in [0.3, 0.4) is 0 Å². The van der Waals surface area contributed by atoms with Crippen LogP contribution in [0, 0.1) is 11.8 Å². The zero-order chi connectivity index (χ0) is 22.3. The van der Waals surface area contributed by atoms with Gasteiger partial charge < -0.3 is 24.8 Å². The van der Waals surface area contributed by atoms with Gasteiger partial charge in [-0.05, 0) is 53.4 Å². The number of likely N-dealkylation sites (tertiary alicyclic amines) is 1. The monoisotopic (exact) mass is 488 g/mol. The summed E-state index contributed by atoms with van der Waals surface area (Å²) in [7, 11) is 0. The van der Waals surface area contributed by atoms with Crippen LogP contribution in [-0.4, -0.2) is 75.7 Å². The highest BCUT2D eigenvalue weighted by Gasteiger charge is 2.76. The summed E-state index contributed by atoms with van der Waals surface area (Å²) in [5, 5.41) is 12.1. The molecule has 3 fully saturated rings. The van der Waals surface area contributed by atoms with Crippen molar-refractivity contribution >= 4 is 33.7 Å². The van der Waals surface area contributed by atoms with E-state index in [4.69, 9.17) is 14.6 Å². The Morgan fingerprint density at radius 3 is 2.63 bits per heavy atom. The number of aliphatic hydroxyl groups excluding tert-OH is 1. The van der Waals surface area contributed by atoms with Gasteiger partial charge in [-0.2, -0.15) is 0 Å². The molecule has 0 aromatic carbocycles. The number of esters is 1. The number of carbonyl (C=O) groups excluding carboxylic acids is 3. The second-order valence-electron chi connectivity index (χ2n) is 9.47. The van der Waals surface area contributed by atoms with Crippen molar-refractivity contribution in [3.05, 3.63) is 0 Å². The lowest BCUT2D eigenvalue weighted by atomic mass is 9.70. The first-order valence-corrected chi connectivity index (χ1v) is 11.7. The Morgan fingerprint density at radius 1 is 1.33 bits per heavy atom. The summed E-state index contributed by atoms with van der Waals surface area (Å²) in [5.41, 5.74) is -1.51. The molecule has 1 spiro atoms. The number of aliphatic hydroxyl groups is 1. The first-order chi connectivity index (χ1) is 14.1. The quantitative estimate of drug-likeness (QED) is 0.303. The number of hydrogen-bond acceptors (Lipinski definition) is 6. The summed E-state index contributed by atoms with van der Waals surface area (Å²) >= 11 is 3.62. The largest absolute Gasteiger partial charge is 0.466 e. The van der Waals surface area contributed by atoms with E-state index in [9.17, 15) is 14.4 Å². The van der Waals surface area contributed by atoms with Crippen molar-refractivity contribution in [1.82, 2.24) is 10.2 Å². The van der Waals surface area contributed by atoms with Gasteiger partial charge in [-0.25, -0.2) is 0 Å². The molecule has 3 aliphatic heterocycles. The molecule has 2 amide bonds. The third-order valence-electron chi connectivity index (χ3n) is 6.15. The van der Waals surface area contributed by atoms with Gasteiger partial charge in [-0.15, -0.1) is 0 Å². The Balaban J connectivity index is 1.95. The van der Waals surface area contributed by atoms with E-state index < -0.39 is 41.1 Å².